The summed E-state index contributed by atoms with van der Waals surface area (Å²) >= 11 is 0. The number of hydrogen-bond donors (Lipinski definition) is 0. The molecule has 0 bridgehead atoms. The van der Waals surface area contributed by atoms with Gasteiger partial charge >= 0.3 is 0 Å². The van der Waals surface area contributed by atoms with Gasteiger partial charge in [-0.15, -0.1) is 0 Å². The van der Waals surface area contributed by atoms with Crippen LogP contribution in [0.25, 0.3) is 0 Å². The Kier molecular flexibility index (Phi) is 6.63. The molecule has 7 rings (SSSR count). The largest absolute Gasteiger partial charge is 0.349 e. The van der Waals surface area contributed by atoms with Crippen LogP contribution in [0.15, 0.2) is 29.2 Å². The van der Waals surface area contributed by atoms with E-state index in [2.05, 4.69) is 27.7 Å². The third-order valence-corrected chi connectivity index (χ3v) is 14.8. The van der Waals surface area contributed by atoms with Gasteiger partial charge in [-0.2, -0.15) is 8.42 Å². The molecule has 1 aromatic rings. The quantitative estimate of drug-likeness (QED) is 0.352. The Balaban J connectivity index is 1.05. The molecule has 222 valence electrons. The lowest BCUT2D eigenvalue weighted by Crippen LogP contribution is -2.55. The Morgan fingerprint density at radius 3 is 2.35 bits per heavy atom. The van der Waals surface area contributed by atoms with Crippen molar-refractivity contribution in [2.24, 2.45) is 52.3 Å². The fraction of sp³-hybridized carbons (Fsp3) is 0.824. The molecule has 0 radical (unpaired) electrons. The molecular formula is C34H50O5S. The van der Waals surface area contributed by atoms with Gasteiger partial charge in [0.2, 0.25) is 0 Å². The summed E-state index contributed by atoms with van der Waals surface area (Å²) in [6, 6.07) is 7.04. The van der Waals surface area contributed by atoms with Gasteiger partial charge in [0.1, 0.15) is 0 Å². The van der Waals surface area contributed by atoms with E-state index in [4.69, 9.17) is 13.7 Å². The zero-order chi connectivity index (χ0) is 28.1. The van der Waals surface area contributed by atoms with Gasteiger partial charge in [-0.1, -0.05) is 45.4 Å². The number of benzene rings is 1. The number of rotatable bonds is 3. The average molecular weight is 571 g/mol. The van der Waals surface area contributed by atoms with Gasteiger partial charge in [-0.05, 0) is 123 Å². The molecule has 40 heavy (non-hydrogen) atoms. The van der Waals surface area contributed by atoms with E-state index in [0.717, 1.165) is 55.6 Å². The molecule has 1 spiro atoms. The number of fused-ring (bicyclic) bond motifs is 7. The molecule has 6 aliphatic rings. The molecule has 2 aliphatic heterocycles. The first-order valence-corrected chi connectivity index (χ1v) is 17.7. The summed E-state index contributed by atoms with van der Waals surface area (Å²) in [7, 11) is -3.73. The van der Waals surface area contributed by atoms with Crippen molar-refractivity contribution >= 4 is 10.1 Å². The van der Waals surface area contributed by atoms with Crippen LogP contribution in [0.1, 0.15) is 97.5 Å². The zero-order valence-corrected chi connectivity index (χ0v) is 26.0. The SMILES string of the molecule is Cc1ccc(S(=O)(=O)O[C@@H]2CC[C@@]3(C)[C@H](CC[C@H]4[C@H]5C[C@@H]6O[C@]7(CC[C@H](C)CO7)[C@H](C)[C@@H]6[C@@]5(C)CC[C@@H]43)C2)cc1. The predicted octanol–water partition coefficient (Wildman–Crippen LogP) is 7.52. The summed E-state index contributed by atoms with van der Waals surface area (Å²) in [6.07, 6.45) is 11.5. The van der Waals surface area contributed by atoms with E-state index in [9.17, 15) is 8.42 Å². The van der Waals surface area contributed by atoms with Crippen LogP contribution in [0.2, 0.25) is 0 Å². The summed E-state index contributed by atoms with van der Waals surface area (Å²) < 4.78 is 45.4. The van der Waals surface area contributed by atoms with Crippen molar-refractivity contribution in [2.75, 3.05) is 6.61 Å². The van der Waals surface area contributed by atoms with Crippen LogP contribution in [0.4, 0.5) is 0 Å². The molecule has 0 unspecified atom stereocenters. The van der Waals surface area contributed by atoms with Gasteiger partial charge in [0.15, 0.2) is 5.79 Å². The van der Waals surface area contributed by atoms with E-state index in [1.165, 1.54) is 38.5 Å². The third kappa shape index (κ3) is 4.12. The average Bonchev–Trinajstić information content (AvgIpc) is 3.36. The smallest absolute Gasteiger partial charge is 0.297 e. The molecule has 1 aromatic carbocycles. The minimum atomic E-state index is -3.73. The Morgan fingerprint density at radius 1 is 0.875 bits per heavy atom. The second kappa shape index (κ2) is 9.53. The molecule has 2 saturated heterocycles. The highest BCUT2D eigenvalue weighted by molar-refractivity contribution is 7.86. The second-order valence-corrected chi connectivity index (χ2v) is 17.0. The molecule has 5 nitrogen and oxygen atoms in total. The predicted molar refractivity (Wildman–Crippen MR) is 155 cm³/mol. The maximum absolute atomic E-state index is 13.0. The van der Waals surface area contributed by atoms with E-state index in [0.29, 0.717) is 35.2 Å². The maximum atomic E-state index is 13.0. The Hall–Kier alpha value is -0.950. The lowest BCUT2D eigenvalue weighted by molar-refractivity contribution is -0.273. The van der Waals surface area contributed by atoms with E-state index < -0.39 is 10.1 Å². The first-order valence-electron chi connectivity index (χ1n) is 16.3. The lowest BCUT2D eigenvalue weighted by Gasteiger charge is -2.61. The van der Waals surface area contributed by atoms with Crippen LogP contribution < -0.4 is 0 Å². The van der Waals surface area contributed by atoms with E-state index in [1.54, 1.807) is 12.1 Å². The minimum Gasteiger partial charge on any atom is -0.349 e. The molecule has 4 aliphatic carbocycles. The molecule has 4 saturated carbocycles. The summed E-state index contributed by atoms with van der Waals surface area (Å²) in [4.78, 5) is 0.278. The van der Waals surface area contributed by atoms with E-state index in [1.807, 2.05) is 19.1 Å². The van der Waals surface area contributed by atoms with Crippen molar-refractivity contribution in [1.29, 1.82) is 0 Å². The van der Waals surface area contributed by atoms with Crippen LogP contribution in [-0.2, 0) is 23.8 Å². The molecule has 6 heteroatoms. The summed E-state index contributed by atoms with van der Waals surface area (Å²) in [5.74, 6) is 4.14. The Labute approximate surface area is 242 Å². The highest BCUT2D eigenvalue weighted by Gasteiger charge is 2.69. The normalized spacial score (nSPS) is 50.2. The molecule has 0 N–H and O–H groups in total. The topological polar surface area (TPSA) is 61.8 Å². The van der Waals surface area contributed by atoms with Gasteiger partial charge in [0, 0.05) is 12.3 Å². The van der Waals surface area contributed by atoms with Crippen molar-refractivity contribution in [3.63, 3.8) is 0 Å². The van der Waals surface area contributed by atoms with E-state index >= 15 is 0 Å². The Bertz CT molecular complexity index is 1220. The van der Waals surface area contributed by atoms with Crippen LogP contribution >= 0.6 is 0 Å². The summed E-state index contributed by atoms with van der Waals surface area (Å²) in [5.41, 5.74) is 1.68. The van der Waals surface area contributed by atoms with Gasteiger partial charge in [0.25, 0.3) is 10.1 Å². The lowest BCUT2D eigenvalue weighted by atomic mass is 9.44. The van der Waals surface area contributed by atoms with Crippen LogP contribution in [0, 0.1) is 59.2 Å². The number of hydrogen-bond acceptors (Lipinski definition) is 5. The molecule has 2 heterocycles. The molecule has 12 atom stereocenters. The van der Waals surface area contributed by atoms with Crippen molar-refractivity contribution in [1.82, 2.24) is 0 Å². The van der Waals surface area contributed by atoms with Crippen molar-refractivity contribution < 1.29 is 22.1 Å². The van der Waals surface area contributed by atoms with Crippen molar-refractivity contribution in [2.45, 2.75) is 122 Å². The zero-order valence-electron chi connectivity index (χ0n) is 25.2. The van der Waals surface area contributed by atoms with Gasteiger partial charge in [0.05, 0.1) is 23.7 Å². The fourth-order valence-electron chi connectivity index (χ4n) is 11.3. The van der Waals surface area contributed by atoms with E-state index in [-0.39, 0.29) is 22.2 Å². The van der Waals surface area contributed by atoms with Crippen LogP contribution in [-0.4, -0.2) is 33.0 Å². The van der Waals surface area contributed by atoms with Gasteiger partial charge in [-0.25, -0.2) is 0 Å². The molecule has 0 amide bonds. The molecule has 0 aromatic heterocycles. The summed E-state index contributed by atoms with van der Waals surface area (Å²) in [5, 5.41) is 0. The van der Waals surface area contributed by atoms with Crippen molar-refractivity contribution in [3.8, 4) is 0 Å². The first-order chi connectivity index (χ1) is 19.0. The standard InChI is InChI=1S/C34H50O5S/c1-21-6-9-26(10-7-21)40(35,36)39-25-13-15-32(4)24(18-25)8-11-27-28(32)14-16-33(5)29(27)19-30-31(33)23(3)34(38-30)17-12-22(2)20-37-34/h6-7,9-10,22-25,27-31H,8,11-20H2,1-5H3/t22-,23+,24+,25+,27+,28-,29+,30-,31-,32-,33-,34+/m0/s1. The number of aryl methyl sites for hydroxylation is 1. The minimum absolute atomic E-state index is 0.204. The highest BCUT2D eigenvalue weighted by atomic mass is 32.2. The molecule has 6 fully saturated rings. The first kappa shape index (κ1) is 27.9. The second-order valence-electron chi connectivity index (χ2n) is 15.4. The Morgan fingerprint density at radius 2 is 1.62 bits per heavy atom. The van der Waals surface area contributed by atoms with Gasteiger partial charge in [-0.3, -0.25) is 4.18 Å². The van der Waals surface area contributed by atoms with Gasteiger partial charge < -0.3 is 9.47 Å². The monoisotopic (exact) mass is 570 g/mol. The highest BCUT2D eigenvalue weighted by Crippen LogP contribution is 2.71. The fourth-order valence-corrected chi connectivity index (χ4v) is 12.4. The number of ether oxygens (including phenoxy) is 2. The maximum Gasteiger partial charge on any atom is 0.297 e. The third-order valence-electron chi connectivity index (χ3n) is 13.5. The van der Waals surface area contributed by atoms with Crippen LogP contribution in [0.5, 0.6) is 0 Å². The van der Waals surface area contributed by atoms with Crippen molar-refractivity contribution in [3.05, 3.63) is 29.8 Å². The van der Waals surface area contributed by atoms with Crippen LogP contribution in [0.3, 0.4) is 0 Å². The molecular weight excluding hydrogens is 520 g/mol. The summed E-state index contributed by atoms with van der Waals surface area (Å²) in [6.45, 7) is 12.7.